The molecule has 1 atom stereocenters. The van der Waals surface area contributed by atoms with Crippen molar-refractivity contribution in [3.63, 3.8) is 0 Å². The Kier molecular flexibility index (Phi) is 2.08. The van der Waals surface area contributed by atoms with Gasteiger partial charge in [-0.1, -0.05) is 0 Å². The molecule has 3 rings (SSSR count). The molecule has 0 spiro atoms. The minimum Gasteiger partial charge on any atom is -0.372 e. The van der Waals surface area contributed by atoms with Crippen molar-refractivity contribution < 1.29 is 4.74 Å². The van der Waals surface area contributed by atoms with Gasteiger partial charge in [0, 0.05) is 30.9 Å². The maximum Gasteiger partial charge on any atom is 0.0936 e. The predicted molar refractivity (Wildman–Crippen MR) is 55.6 cm³/mol. The number of rotatable bonds is 2. The van der Waals surface area contributed by atoms with E-state index in [1.807, 2.05) is 11.3 Å². The zero-order valence-electron chi connectivity index (χ0n) is 8.32. The Morgan fingerprint density at radius 3 is 3.29 bits per heavy atom. The highest BCUT2D eigenvalue weighted by atomic mass is 32.1. The van der Waals surface area contributed by atoms with Gasteiger partial charge in [-0.3, -0.25) is 4.90 Å². The van der Waals surface area contributed by atoms with E-state index in [1.54, 1.807) is 0 Å². The van der Waals surface area contributed by atoms with Gasteiger partial charge in [0.1, 0.15) is 0 Å². The minimum absolute atomic E-state index is 0.519. The zero-order chi connectivity index (χ0) is 9.54. The van der Waals surface area contributed by atoms with Gasteiger partial charge in [0.05, 0.1) is 23.4 Å². The zero-order valence-corrected chi connectivity index (χ0v) is 9.14. The van der Waals surface area contributed by atoms with E-state index in [-0.39, 0.29) is 0 Å². The lowest BCUT2D eigenvalue weighted by atomic mass is 10.2. The van der Waals surface area contributed by atoms with Crippen LogP contribution < -0.4 is 0 Å². The molecule has 0 bridgehead atoms. The first kappa shape index (κ1) is 8.83. The fraction of sp³-hybridized carbons (Fsp3) is 0.700. The van der Waals surface area contributed by atoms with Gasteiger partial charge in [0.15, 0.2) is 0 Å². The number of ether oxygens (including phenoxy) is 1. The van der Waals surface area contributed by atoms with Crippen molar-refractivity contribution in [1.82, 2.24) is 9.88 Å². The first-order chi connectivity index (χ1) is 6.81. The second-order valence-corrected chi connectivity index (χ2v) is 5.33. The number of hydrogen-bond acceptors (Lipinski definition) is 4. The van der Waals surface area contributed by atoms with Gasteiger partial charge in [0.25, 0.3) is 0 Å². The summed E-state index contributed by atoms with van der Waals surface area (Å²) in [6, 6.07) is 0. The fourth-order valence-electron chi connectivity index (χ4n) is 1.99. The number of aromatic nitrogens is 1. The van der Waals surface area contributed by atoms with E-state index in [9.17, 15) is 0 Å². The molecule has 0 radical (unpaired) electrons. The summed E-state index contributed by atoms with van der Waals surface area (Å²) < 4.78 is 5.25. The number of fused-ring (bicyclic) bond motifs is 1. The smallest absolute Gasteiger partial charge is 0.0936 e. The van der Waals surface area contributed by atoms with Crippen molar-refractivity contribution in [3.05, 3.63) is 15.6 Å². The molecule has 1 saturated heterocycles. The summed E-state index contributed by atoms with van der Waals surface area (Å²) in [5.74, 6) is 0. The maximum atomic E-state index is 5.25. The molecule has 3 heterocycles. The normalized spacial score (nSPS) is 26.2. The van der Waals surface area contributed by atoms with E-state index in [1.165, 1.54) is 15.6 Å². The monoisotopic (exact) mass is 210 g/mol. The van der Waals surface area contributed by atoms with Gasteiger partial charge in [0.2, 0.25) is 0 Å². The largest absolute Gasteiger partial charge is 0.372 e. The molecule has 3 nitrogen and oxygen atoms in total. The lowest BCUT2D eigenvalue weighted by Crippen LogP contribution is -2.32. The van der Waals surface area contributed by atoms with E-state index >= 15 is 0 Å². The number of epoxide rings is 1. The molecular formula is C10H14N2OS. The molecule has 1 aromatic heterocycles. The van der Waals surface area contributed by atoms with Crippen molar-refractivity contribution in [1.29, 1.82) is 0 Å². The summed E-state index contributed by atoms with van der Waals surface area (Å²) in [6.07, 6.45) is 1.64. The fourth-order valence-corrected chi connectivity index (χ4v) is 3.02. The number of nitrogens with zero attached hydrogens (tertiary/aromatic N) is 2. The third kappa shape index (κ3) is 1.69. The van der Waals surface area contributed by atoms with Crippen LogP contribution in [-0.2, 0) is 17.7 Å². The molecule has 1 fully saturated rings. The van der Waals surface area contributed by atoms with E-state index < -0.39 is 0 Å². The van der Waals surface area contributed by atoms with Gasteiger partial charge in [-0.15, -0.1) is 11.3 Å². The van der Waals surface area contributed by atoms with Crippen LogP contribution in [0.4, 0.5) is 0 Å². The molecule has 0 N–H and O–H groups in total. The summed E-state index contributed by atoms with van der Waals surface area (Å²) >= 11 is 1.85. The van der Waals surface area contributed by atoms with Crippen LogP contribution in [0.15, 0.2) is 0 Å². The summed E-state index contributed by atoms with van der Waals surface area (Å²) in [4.78, 5) is 8.49. The first-order valence-electron chi connectivity index (χ1n) is 5.10. The van der Waals surface area contributed by atoms with E-state index in [4.69, 9.17) is 4.74 Å². The number of hydrogen-bond donors (Lipinski definition) is 0. The van der Waals surface area contributed by atoms with Crippen LogP contribution in [0.25, 0.3) is 0 Å². The molecular weight excluding hydrogens is 196 g/mol. The van der Waals surface area contributed by atoms with Gasteiger partial charge in [-0.25, -0.2) is 4.98 Å². The maximum absolute atomic E-state index is 5.25. The van der Waals surface area contributed by atoms with Gasteiger partial charge < -0.3 is 4.74 Å². The van der Waals surface area contributed by atoms with Crippen LogP contribution in [0.5, 0.6) is 0 Å². The van der Waals surface area contributed by atoms with Crippen molar-refractivity contribution in [2.24, 2.45) is 0 Å². The second kappa shape index (κ2) is 3.29. The standard InChI is InChI=1S/C10H14N2OS/c1-7-11-9-2-3-12(4-8-6-13-8)5-10(9)14-7/h8H,2-6H2,1H3/t8-/m1/s1. The van der Waals surface area contributed by atoms with Gasteiger partial charge in [-0.05, 0) is 6.92 Å². The Hall–Kier alpha value is -0.450. The van der Waals surface area contributed by atoms with Crippen molar-refractivity contribution >= 4 is 11.3 Å². The van der Waals surface area contributed by atoms with E-state index in [0.717, 1.165) is 32.7 Å². The van der Waals surface area contributed by atoms with Gasteiger partial charge >= 0.3 is 0 Å². The highest BCUT2D eigenvalue weighted by molar-refractivity contribution is 7.11. The third-order valence-electron chi connectivity index (χ3n) is 2.78. The quantitative estimate of drug-likeness (QED) is 0.687. The first-order valence-corrected chi connectivity index (χ1v) is 5.92. The molecule has 1 aromatic rings. The van der Waals surface area contributed by atoms with Crippen LogP contribution in [0.1, 0.15) is 15.6 Å². The van der Waals surface area contributed by atoms with E-state index in [0.29, 0.717) is 6.10 Å². The Labute approximate surface area is 87.7 Å². The Bertz CT molecular complexity index is 346. The Morgan fingerprint density at radius 2 is 2.50 bits per heavy atom. The predicted octanol–water partition coefficient (Wildman–Crippen LogP) is 1.21. The molecule has 4 heteroatoms. The molecule has 0 amide bonds. The molecule has 2 aliphatic rings. The van der Waals surface area contributed by atoms with Gasteiger partial charge in [-0.2, -0.15) is 0 Å². The van der Waals surface area contributed by atoms with Crippen LogP contribution in [0.2, 0.25) is 0 Å². The molecule has 0 aromatic carbocycles. The lowest BCUT2D eigenvalue weighted by molar-refractivity contribution is 0.227. The minimum atomic E-state index is 0.519. The highest BCUT2D eigenvalue weighted by Crippen LogP contribution is 2.25. The van der Waals surface area contributed by atoms with Crippen molar-refractivity contribution in [2.45, 2.75) is 26.0 Å². The summed E-state index contributed by atoms with van der Waals surface area (Å²) in [7, 11) is 0. The topological polar surface area (TPSA) is 28.7 Å². The third-order valence-corrected chi connectivity index (χ3v) is 3.78. The molecule has 0 saturated carbocycles. The number of aryl methyl sites for hydroxylation is 1. The van der Waals surface area contributed by atoms with Crippen molar-refractivity contribution in [2.75, 3.05) is 19.7 Å². The number of thiazole rings is 1. The molecule has 14 heavy (non-hydrogen) atoms. The Morgan fingerprint density at radius 1 is 1.64 bits per heavy atom. The van der Waals surface area contributed by atoms with Crippen LogP contribution in [-0.4, -0.2) is 35.7 Å². The van der Waals surface area contributed by atoms with Crippen LogP contribution >= 0.6 is 11.3 Å². The Balaban J connectivity index is 1.71. The summed E-state index contributed by atoms with van der Waals surface area (Å²) in [5.41, 5.74) is 1.33. The van der Waals surface area contributed by atoms with E-state index in [2.05, 4.69) is 16.8 Å². The highest BCUT2D eigenvalue weighted by Gasteiger charge is 2.28. The average molecular weight is 210 g/mol. The second-order valence-electron chi connectivity index (χ2n) is 4.04. The van der Waals surface area contributed by atoms with Crippen LogP contribution in [0.3, 0.4) is 0 Å². The molecule has 2 aliphatic heterocycles. The SMILES string of the molecule is Cc1nc2c(s1)CN(C[C@@H]1CO1)CC2. The summed E-state index contributed by atoms with van der Waals surface area (Å²) in [6.45, 7) is 6.40. The summed E-state index contributed by atoms with van der Waals surface area (Å²) in [5, 5.41) is 1.21. The lowest BCUT2D eigenvalue weighted by Gasteiger charge is -2.24. The van der Waals surface area contributed by atoms with Crippen LogP contribution in [0, 0.1) is 6.92 Å². The average Bonchev–Trinajstić information content (AvgIpc) is 2.86. The van der Waals surface area contributed by atoms with Crippen molar-refractivity contribution in [3.8, 4) is 0 Å². The molecule has 76 valence electrons. The molecule has 0 unspecified atom stereocenters. The molecule has 0 aliphatic carbocycles.